The van der Waals surface area contributed by atoms with Gasteiger partial charge in [0.1, 0.15) is 0 Å². The summed E-state index contributed by atoms with van der Waals surface area (Å²) in [5, 5.41) is 0.759. The molecule has 1 amide bonds. The van der Waals surface area contributed by atoms with E-state index < -0.39 is 0 Å². The number of carbonyl (C=O) groups is 1. The van der Waals surface area contributed by atoms with Crippen molar-refractivity contribution in [1.29, 1.82) is 0 Å². The first-order valence-corrected chi connectivity index (χ1v) is 8.14. The molecule has 1 aliphatic heterocycles. The van der Waals surface area contributed by atoms with Crippen LogP contribution in [-0.2, 0) is 4.79 Å². The normalized spacial score (nSPS) is 26.6. The predicted octanol–water partition coefficient (Wildman–Crippen LogP) is 3.00. The van der Waals surface area contributed by atoms with Gasteiger partial charge in [0, 0.05) is 24.0 Å². The van der Waals surface area contributed by atoms with Crippen molar-refractivity contribution in [3.63, 3.8) is 0 Å². The first-order valence-electron chi connectivity index (χ1n) is 7.77. The zero-order valence-corrected chi connectivity index (χ0v) is 13.5. The number of piperidine rings is 1. The van der Waals surface area contributed by atoms with Crippen LogP contribution < -0.4 is 0 Å². The van der Waals surface area contributed by atoms with Crippen molar-refractivity contribution in [1.82, 2.24) is 9.80 Å². The largest absolute Gasteiger partial charge is 0.342 e. The predicted molar refractivity (Wildman–Crippen MR) is 85.6 cm³/mol. The molecular weight excluding hydrogens is 284 g/mol. The summed E-state index contributed by atoms with van der Waals surface area (Å²) in [6.45, 7) is 2.18. The molecular formula is C17H23ClN2O. The van der Waals surface area contributed by atoms with E-state index in [4.69, 9.17) is 11.6 Å². The molecule has 0 unspecified atom stereocenters. The SMILES string of the molecule is CN1CCC(N(C)C(=O)[C@@H]2C[C@H]2c2cccc(Cl)c2)CC1. The molecule has 4 heteroatoms. The van der Waals surface area contributed by atoms with Crippen molar-refractivity contribution in [2.75, 3.05) is 27.2 Å². The average molecular weight is 307 g/mol. The maximum absolute atomic E-state index is 12.6. The molecule has 3 rings (SSSR count). The molecule has 0 bridgehead atoms. The van der Waals surface area contributed by atoms with Gasteiger partial charge in [-0.3, -0.25) is 4.79 Å². The monoisotopic (exact) mass is 306 g/mol. The number of halogens is 1. The number of amides is 1. The molecule has 0 radical (unpaired) electrons. The van der Waals surface area contributed by atoms with Gasteiger partial charge in [-0.2, -0.15) is 0 Å². The molecule has 1 aliphatic carbocycles. The second-order valence-electron chi connectivity index (χ2n) is 6.49. The van der Waals surface area contributed by atoms with Gasteiger partial charge in [-0.15, -0.1) is 0 Å². The topological polar surface area (TPSA) is 23.6 Å². The average Bonchev–Trinajstić information content (AvgIpc) is 3.27. The van der Waals surface area contributed by atoms with Gasteiger partial charge < -0.3 is 9.80 Å². The van der Waals surface area contributed by atoms with E-state index in [1.165, 1.54) is 5.56 Å². The van der Waals surface area contributed by atoms with Gasteiger partial charge in [-0.25, -0.2) is 0 Å². The molecule has 21 heavy (non-hydrogen) atoms. The van der Waals surface area contributed by atoms with Crippen LogP contribution in [-0.4, -0.2) is 48.9 Å². The Balaban J connectivity index is 1.59. The molecule has 1 saturated heterocycles. The third-order valence-electron chi connectivity index (χ3n) is 4.97. The van der Waals surface area contributed by atoms with Crippen LogP contribution >= 0.6 is 11.6 Å². The molecule has 1 aromatic carbocycles. The van der Waals surface area contributed by atoms with Gasteiger partial charge in [-0.1, -0.05) is 23.7 Å². The fraction of sp³-hybridized carbons (Fsp3) is 0.588. The van der Waals surface area contributed by atoms with Crippen molar-refractivity contribution in [3.05, 3.63) is 34.9 Å². The van der Waals surface area contributed by atoms with Crippen molar-refractivity contribution in [3.8, 4) is 0 Å². The van der Waals surface area contributed by atoms with Crippen LogP contribution in [0.4, 0.5) is 0 Å². The number of hydrogen-bond donors (Lipinski definition) is 0. The van der Waals surface area contributed by atoms with Crippen LogP contribution in [0.5, 0.6) is 0 Å². The maximum atomic E-state index is 12.6. The lowest BCUT2D eigenvalue weighted by molar-refractivity contribution is -0.134. The lowest BCUT2D eigenvalue weighted by Crippen LogP contribution is -2.45. The molecule has 1 heterocycles. The minimum atomic E-state index is 0.160. The van der Waals surface area contributed by atoms with Crippen molar-refractivity contribution in [2.24, 2.45) is 5.92 Å². The van der Waals surface area contributed by atoms with Crippen molar-refractivity contribution < 1.29 is 4.79 Å². The van der Waals surface area contributed by atoms with E-state index in [0.29, 0.717) is 17.9 Å². The highest BCUT2D eigenvalue weighted by Gasteiger charge is 2.46. The Labute approximate surface area is 131 Å². The smallest absolute Gasteiger partial charge is 0.226 e. The quantitative estimate of drug-likeness (QED) is 0.857. The molecule has 0 spiro atoms. The lowest BCUT2D eigenvalue weighted by Gasteiger charge is -2.35. The Hall–Kier alpha value is -1.06. The third kappa shape index (κ3) is 3.24. The van der Waals surface area contributed by atoms with E-state index in [2.05, 4.69) is 18.0 Å². The fourth-order valence-corrected chi connectivity index (χ4v) is 3.60. The zero-order valence-electron chi connectivity index (χ0n) is 12.8. The van der Waals surface area contributed by atoms with Gasteiger partial charge >= 0.3 is 0 Å². The first-order chi connectivity index (χ1) is 10.1. The molecule has 1 saturated carbocycles. The summed E-state index contributed by atoms with van der Waals surface area (Å²) in [6.07, 6.45) is 3.15. The summed E-state index contributed by atoms with van der Waals surface area (Å²) in [5.41, 5.74) is 1.21. The minimum Gasteiger partial charge on any atom is -0.342 e. The first kappa shape index (κ1) is 14.9. The summed E-state index contributed by atoms with van der Waals surface area (Å²) in [7, 11) is 4.12. The van der Waals surface area contributed by atoms with E-state index in [1.54, 1.807) is 0 Å². The standard InChI is InChI=1S/C17H23ClN2O/c1-19-8-6-14(7-9-19)20(2)17(21)16-11-15(16)12-4-3-5-13(18)10-12/h3-5,10,14-16H,6-9,11H2,1-2H3/t15-,16+/m0/s1. The third-order valence-corrected chi connectivity index (χ3v) is 5.20. The summed E-state index contributed by atoms with van der Waals surface area (Å²) < 4.78 is 0. The number of nitrogens with zero attached hydrogens (tertiary/aromatic N) is 2. The van der Waals surface area contributed by atoms with E-state index >= 15 is 0 Å². The van der Waals surface area contributed by atoms with E-state index in [9.17, 15) is 4.79 Å². The molecule has 0 aromatic heterocycles. The Bertz CT molecular complexity index is 525. The van der Waals surface area contributed by atoms with E-state index in [1.807, 2.05) is 30.1 Å². The number of carbonyl (C=O) groups excluding carboxylic acids is 1. The Morgan fingerprint density at radius 3 is 2.71 bits per heavy atom. The van der Waals surface area contributed by atoms with Gasteiger partial charge in [-0.05, 0) is 63.0 Å². The van der Waals surface area contributed by atoms with Crippen LogP contribution in [0.25, 0.3) is 0 Å². The molecule has 2 fully saturated rings. The van der Waals surface area contributed by atoms with Crippen molar-refractivity contribution in [2.45, 2.75) is 31.2 Å². The molecule has 0 N–H and O–H groups in total. The van der Waals surface area contributed by atoms with Gasteiger partial charge in [0.05, 0.1) is 0 Å². The van der Waals surface area contributed by atoms with Crippen LogP contribution in [0.2, 0.25) is 5.02 Å². The minimum absolute atomic E-state index is 0.160. The highest BCUT2D eigenvalue weighted by Crippen LogP contribution is 2.49. The number of likely N-dealkylation sites (tertiary alicyclic amines) is 1. The van der Waals surface area contributed by atoms with Crippen LogP contribution in [0.15, 0.2) is 24.3 Å². The van der Waals surface area contributed by atoms with Gasteiger partial charge in [0.2, 0.25) is 5.91 Å². The van der Waals surface area contributed by atoms with Gasteiger partial charge in [0.25, 0.3) is 0 Å². The van der Waals surface area contributed by atoms with Crippen LogP contribution in [0.3, 0.4) is 0 Å². The molecule has 2 atom stereocenters. The molecule has 114 valence electrons. The molecule has 1 aromatic rings. The van der Waals surface area contributed by atoms with Crippen LogP contribution in [0.1, 0.15) is 30.7 Å². The van der Waals surface area contributed by atoms with E-state index in [-0.39, 0.29) is 5.92 Å². The Kier molecular flexibility index (Phi) is 4.23. The molecule has 3 nitrogen and oxygen atoms in total. The summed E-state index contributed by atoms with van der Waals surface area (Å²) in [5.74, 6) is 0.840. The fourth-order valence-electron chi connectivity index (χ4n) is 3.40. The zero-order chi connectivity index (χ0) is 15.0. The van der Waals surface area contributed by atoms with Gasteiger partial charge in [0.15, 0.2) is 0 Å². The second-order valence-corrected chi connectivity index (χ2v) is 6.92. The van der Waals surface area contributed by atoms with E-state index in [0.717, 1.165) is 37.4 Å². The number of benzene rings is 1. The molecule has 2 aliphatic rings. The summed E-state index contributed by atoms with van der Waals surface area (Å²) in [4.78, 5) is 17.0. The lowest BCUT2D eigenvalue weighted by atomic mass is 10.0. The Morgan fingerprint density at radius 1 is 1.33 bits per heavy atom. The second kappa shape index (κ2) is 5.98. The Morgan fingerprint density at radius 2 is 2.05 bits per heavy atom. The van der Waals surface area contributed by atoms with Crippen molar-refractivity contribution >= 4 is 17.5 Å². The summed E-state index contributed by atoms with van der Waals surface area (Å²) in [6, 6.07) is 8.34. The summed E-state index contributed by atoms with van der Waals surface area (Å²) >= 11 is 6.04. The van der Waals surface area contributed by atoms with Crippen LogP contribution in [0, 0.1) is 5.92 Å². The highest BCUT2D eigenvalue weighted by atomic mass is 35.5. The number of hydrogen-bond acceptors (Lipinski definition) is 2. The highest BCUT2D eigenvalue weighted by molar-refractivity contribution is 6.30. The maximum Gasteiger partial charge on any atom is 0.226 e. The number of rotatable bonds is 3.